The predicted molar refractivity (Wildman–Crippen MR) is 158 cm³/mol. The number of amides is 1. The number of pyridine rings is 1. The van der Waals surface area contributed by atoms with E-state index in [-0.39, 0.29) is 5.56 Å². The van der Waals surface area contributed by atoms with Gasteiger partial charge in [-0.3, -0.25) is 19.5 Å². The zero-order chi connectivity index (χ0) is 27.6. The Bertz CT molecular complexity index is 1710. The van der Waals surface area contributed by atoms with Crippen molar-refractivity contribution in [3.8, 4) is 11.1 Å². The van der Waals surface area contributed by atoms with Gasteiger partial charge in [-0.2, -0.15) is 0 Å². The fourth-order valence-electron chi connectivity index (χ4n) is 5.51. The molecule has 5 aromatic rings. The second-order valence-corrected chi connectivity index (χ2v) is 11.2. The van der Waals surface area contributed by atoms with Gasteiger partial charge in [0.1, 0.15) is 11.9 Å². The Morgan fingerprint density at radius 2 is 1.80 bits per heavy atom. The lowest BCUT2D eigenvalue weighted by Crippen LogP contribution is -2.34. The number of nitrogens with zero attached hydrogens (tertiary/aromatic N) is 3. The molecule has 2 aromatic heterocycles. The zero-order valence-electron chi connectivity index (χ0n) is 22.1. The Balaban J connectivity index is 1.32. The van der Waals surface area contributed by atoms with Crippen LogP contribution in [0.4, 0.5) is 9.52 Å². The maximum atomic E-state index is 14.2. The summed E-state index contributed by atoms with van der Waals surface area (Å²) in [5.74, 6) is -0.354. The number of fused-ring (bicyclic) bond motifs is 1. The van der Waals surface area contributed by atoms with Gasteiger partial charge in [-0.15, -0.1) is 11.3 Å². The van der Waals surface area contributed by atoms with E-state index in [1.165, 1.54) is 52.5 Å². The van der Waals surface area contributed by atoms with E-state index in [1.54, 1.807) is 29.9 Å². The van der Waals surface area contributed by atoms with Crippen LogP contribution < -0.4 is 10.9 Å². The van der Waals surface area contributed by atoms with E-state index in [9.17, 15) is 14.0 Å². The summed E-state index contributed by atoms with van der Waals surface area (Å²) in [7, 11) is 2.17. The van der Waals surface area contributed by atoms with Crippen LogP contribution in [0.3, 0.4) is 0 Å². The number of nitrogens with one attached hydrogen (secondary N) is 1. The second-order valence-electron chi connectivity index (χ2n) is 10.3. The van der Waals surface area contributed by atoms with Crippen molar-refractivity contribution < 1.29 is 9.18 Å². The van der Waals surface area contributed by atoms with Gasteiger partial charge >= 0.3 is 0 Å². The van der Waals surface area contributed by atoms with E-state index in [2.05, 4.69) is 46.5 Å². The van der Waals surface area contributed by atoms with Gasteiger partial charge in [-0.1, -0.05) is 42.5 Å². The van der Waals surface area contributed by atoms with Crippen LogP contribution in [-0.4, -0.2) is 40.5 Å². The Labute approximate surface area is 235 Å². The molecule has 0 bridgehead atoms. The lowest BCUT2D eigenvalue weighted by Gasteiger charge is -2.29. The summed E-state index contributed by atoms with van der Waals surface area (Å²) >= 11 is 1.27. The molecule has 0 spiro atoms. The smallest absolute Gasteiger partial charge is 0.259 e. The average molecular weight is 553 g/mol. The lowest BCUT2D eigenvalue weighted by molar-refractivity contribution is -0.118. The SMILES string of the molecule is CN1CCC(c2ccc(-c3ccc4c(=O)n(C(C(=O)Nc5nccs5)c5cccc(F)c5)ccc4c3)cc2)CC1. The molecule has 1 unspecified atom stereocenters. The molecular formula is C32H29FN4O2S. The quantitative estimate of drug-likeness (QED) is 0.268. The molecule has 1 saturated heterocycles. The van der Waals surface area contributed by atoms with Crippen molar-refractivity contribution in [2.75, 3.05) is 25.5 Å². The topological polar surface area (TPSA) is 67.2 Å². The summed E-state index contributed by atoms with van der Waals surface area (Å²) in [6.07, 6.45) is 5.54. The third kappa shape index (κ3) is 5.33. The van der Waals surface area contributed by atoms with Gasteiger partial charge in [0.2, 0.25) is 0 Å². The molecule has 202 valence electrons. The van der Waals surface area contributed by atoms with Crippen molar-refractivity contribution in [2.45, 2.75) is 24.8 Å². The first-order chi connectivity index (χ1) is 19.5. The van der Waals surface area contributed by atoms with Crippen molar-refractivity contribution in [3.05, 3.63) is 118 Å². The molecule has 0 radical (unpaired) electrons. The number of carbonyl (C=O) groups excluding carboxylic acids is 1. The standard InChI is InChI=1S/C32H29FN4O2S/c1-36-15-11-23(12-16-36)21-5-7-22(8-6-21)24-9-10-28-25(19-24)13-17-37(31(28)39)29(26-3-2-4-27(33)20-26)30(38)35-32-34-14-18-40-32/h2-10,13-14,17-20,23,29H,11-12,15-16H2,1H3,(H,34,35,38). The fraction of sp³-hybridized carbons (Fsp3) is 0.219. The first-order valence-corrected chi connectivity index (χ1v) is 14.2. The summed E-state index contributed by atoms with van der Waals surface area (Å²) < 4.78 is 15.5. The lowest BCUT2D eigenvalue weighted by atomic mass is 9.88. The molecule has 0 saturated carbocycles. The van der Waals surface area contributed by atoms with Crippen molar-refractivity contribution in [3.63, 3.8) is 0 Å². The van der Waals surface area contributed by atoms with Gasteiger partial charge in [0, 0.05) is 23.2 Å². The molecule has 3 aromatic carbocycles. The Hall–Kier alpha value is -4.14. The number of piperidine rings is 1. The summed E-state index contributed by atoms with van der Waals surface area (Å²) in [6.45, 7) is 2.25. The predicted octanol–water partition coefficient (Wildman–Crippen LogP) is 6.30. The van der Waals surface area contributed by atoms with Gasteiger partial charge < -0.3 is 4.90 Å². The van der Waals surface area contributed by atoms with E-state index in [1.807, 2.05) is 18.2 Å². The Morgan fingerprint density at radius 3 is 2.52 bits per heavy atom. The van der Waals surface area contributed by atoms with E-state index in [0.717, 1.165) is 29.6 Å². The van der Waals surface area contributed by atoms with Crippen molar-refractivity contribution in [1.29, 1.82) is 0 Å². The maximum Gasteiger partial charge on any atom is 0.259 e. The van der Waals surface area contributed by atoms with Crippen molar-refractivity contribution in [2.24, 2.45) is 0 Å². The minimum Gasteiger partial charge on any atom is -0.306 e. The van der Waals surface area contributed by atoms with Gasteiger partial charge in [-0.25, -0.2) is 9.37 Å². The Morgan fingerprint density at radius 1 is 1.02 bits per heavy atom. The molecule has 1 fully saturated rings. The number of thiazole rings is 1. The van der Waals surface area contributed by atoms with E-state index >= 15 is 0 Å². The minimum absolute atomic E-state index is 0.329. The molecule has 1 atom stereocenters. The highest BCUT2D eigenvalue weighted by Gasteiger charge is 2.26. The van der Waals surface area contributed by atoms with Crippen LogP contribution in [0, 0.1) is 5.82 Å². The zero-order valence-corrected chi connectivity index (χ0v) is 22.9. The summed E-state index contributed by atoms with van der Waals surface area (Å²) in [6, 6.07) is 21.0. The molecular weight excluding hydrogens is 523 g/mol. The van der Waals surface area contributed by atoms with Crippen molar-refractivity contribution in [1.82, 2.24) is 14.5 Å². The molecule has 3 heterocycles. The molecule has 6 rings (SSSR count). The van der Waals surface area contributed by atoms with Gasteiger partial charge in [0.25, 0.3) is 11.5 Å². The molecule has 1 N–H and O–H groups in total. The number of anilines is 1. The van der Waals surface area contributed by atoms with Crippen molar-refractivity contribution >= 4 is 33.1 Å². The van der Waals surface area contributed by atoms with Crippen LogP contribution in [0.25, 0.3) is 21.9 Å². The molecule has 0 aliphatic carbocycles. The molecule has 1 amide bonds. The average Bonchev–Trinajstić information content (AvgIpc) is 3.48. The van der Waals surface area contributed by atoms with Crippen LogP contribution in [0.5, 0.6) is 0 Å². The van der Waals surface area contributed by atoms with E-state index in [0.29, 0.717) is 22.0 Å². The number of likely N-dealkylation sites (tertiary alicyclic amines) is 1. The normalized spacial score (nSPS) is 15.2. The molecule has 8 heteroatoms. The highest BCUT2D eigenvalue weighted by atomic mass is 32.1. The number of hydrogen-bond donors (Lipinski definition) is 1. The summed E-state index contributed by atoms with van der Waals surface area (Å²) in [5.41, 5.74) is 3.52. The van der Waals surface area contributed by atoms with Gasteiger partial charge in [0.05, 0.1) is 0 Å². The number of benzene rings is 3. The van der Waals surface area contributed by atoms with Crippen LogP contribution in [-0.2, 0) is 4.79 Å². The van der Waals surface area contributed by atoms with Crippen LogP contribution in [0.15, 0.2) is 95.4 Å². The monoisotopic (exact) mass is 552 g/mol. The third-order valence-electron chi connectivity index (χ3n) is 7.72. The number of halogens is 1. The highest BCUT2D eigenvalue weighted by Crippen LogP contribution is 2.31. The number of aromatic nitrogens is 2. The van der Waals surface area contributed by atoms with E-state index < -0.39 is 17.8 Å². The summed E-state index contributed by atoms with van der Waals surface area (Å²) in [5, 5.41) is 6.17. The molecule has 1 aliphatic heterocycles. The Kier molecular flexibility index (Phi) is 7.28. The first kappa shape index (κ1) is 26.1. The minimum atomic E-state index is -1.07. The first-order valence-electron chi connectivity index (χ1n) is 13.4. The fourth-order valence-corrected chi connectivity index (χ4v) is 6.04. The van der Waals surface area contributed by atoms with Crippen LogP contribution >= 0.6 is 11.3 Å². The maximum absolute atomic E-state index is 14.2. The second kappa shape index (κ2) is 11.2. The molecule has 40 heavy (non-hydrogen) atoms. The number of rotatable bonds is 6. The molecule has 1 aliphatic rings. The van der Waals surface area contributed by atoms with Gasteiger partial charge in [-0.05, 0) is 96.9 Å². The third-order valence-corrected chi connectivity index (χ3v) is 8.41. The highest BCUT2D eigenvalue weighted by molar-refractivity contribution is 7.13. The molecule has 6 nitrogen and oxygen atoms in total. The number of hydrogen-bond acceptors (Lipinski definition) is 5. The van der Waals surface area contributed by atoms with Gasteiger partial charge in [0.15, 0.2) is 5.13 Å². The van der Waals surface area contributed by atoms with Crippen LogP contribution in [0.1, 0.15) is 35.9 Å². The summed E-state index contributed by atoms with van der Waals surface area (Å²) in [4.78, 5) is 33.6. The number of carbonyl (C=O) groups is 1. The largest absolute Gasteiger partial charge is 0.306 e. The van der Waals surface area contributed by atoms with Crippen LogP contribution in [0.2, 0.25) is 0 Å². The van der Waals surface area contributed by atoms with E-state index in [4.69, 9.17) is 0 Å².